The Hall–Kier alpha value is -3.00. The van der Waals surface area contributed by atoms with E-state index in [4.69, 9.17) is 6.42 Å². The van der Waals surface area contributed by atoms with Gasteiger partial charge in [-0.15, -0.1) is 11.5 Å². The third kappa shape index (κ3) is 1.84. The molecule has 2 heterocycles. The number of carbonyl (C=O) groups is 1. The van der Waals surface area contributed by atoms with Crippen molar-refractivity contribution in [3.05, 3.63) is 47.8 Å². The Labute approximate surface area is 115 Å². The molecule has 0 saturated carbocycles. The highest BCUT2D eigenvalue weighted by atomic mass is 16.1. The number of hydrogen-bond acceptors (Lipinski definition) is 4. The second-order valence-electron chi connectivity index (χ2n) is 4.28. The average Bonchev–Trinajstić information content (AvgIpc) is 2.87. The molecule has 0 radical (unpaired) electrons. The Morgan fingerprint density at radius 1 is 1.35 bits per heavy atom. The van der Waals surface area contributed by atoms with Crippen LogP contribution in [-0.4, -0.2) is 25.8 Å². The molecule has 96 valence electrons. The second-order valence-corrected chi connectivity index (χ2v) is 4.28. The molecule has 0 amide bonds. The van der Waals surface area contributed by atoms with E-state index in [0.29, 0.717) is 16.7 Å². The van der Waals surface area contributed by atoms with Crippen LogP contribution in [0.5, 0.6) is 0 Å². The molecule has 2 aromatic heterocycles. The fourth-order valence-corrected chi connectivity index (χ4v) is 2.03. The maximum Gasteiger partial charge on any atom is 0.185 e. The van der Waals surface area contributed by atoms with Crippen LogP contribution in [0.3, 0.4) is 0 Å². The first-order chi connectivity index (χ1) is 9.70. The van der Waals surface area contributed by atoms with Crippen LogP contribution < -0.4 is 0 Å². The Balaban J connectivity index is 2.31. The monoisotopic (exact) mass is 262 g/mol. The zero-order chi connectivity index (χ0) is 14.1. The van der Waals surface area contributed by atoms with E-state index in [2.05, 4.69) is 21.2 Å². The number of carbonyl (C=O) groups excluding carboxylic acids is 1. The molecule has 0 N–H and O–H groups in total. The van der Waals surface area contributed by atoms with Gasteiger partial charge in [0, 0.05) is 12.5 Å². The molecule has 0 aliphatic rings. The Morgan fingerprint density at radius 3 is 2.95 bits per heavy atom. The lowest BCUT2D eigenvalue weighted by Gasteiger charge is -2.02. The van der Waals surface area contributed by atoms with Crippen LogP contribution >= 0.6 is 0 Å². The van der Waals surface area contributed by atoms with Crippen LogP contribution in [0.1, 0.15) is 23.0 Å². The topological polar surface area (TPSA) is 60.7 Å². The van der Waals surface area contributed by atoms with Crippen LogP contribution in [0, 0.1) is 12.3 Å². The lowest BCUT2D eigenvalue weighted by Crippen LogP contribution is -2.00. The summed E-state index contributed by atoms with van der Waals surface area (Å²) in [5, 5.41) is 12.9. The molecule has 0 spiro atoms. The van der Waals surface area contributed by atoms with Gasteiger partial charge in [0.2, 0.25) is 0 Å². The minimum Gasteiger partial charge on any atom is -0.293 e. The van der Waals surface area contributed by atoms with Crippen molar-refractivity contribution in [2.45, 2.75) is 6.92 Å². The Bertz CT molecular complexity index is 858. The fourth-order valence-electron chi connectivity index (χ4n) is 2.03. The summed E-state index contributed by atoms with van der Waals surface area (Å²) in [6, 6.07) is 9.05. The maximum absolute atomic E-state index is 11.7. The minimum absolute atomic E-state index is 0.116. The van der Waals surface area contributed by atoms with Gasteiger partial charge >= 0.3 is 0 Å². The van der Waals surface area contributed by atoms with Gasteiger partial charge in [0.25, 0.3) is 0 Å². The number of hydrogen-bond donors (Lipinski definition) is 0. The number of Topliss-reactive ketones (excluding diaryl/α,β-unsaturated/α-hetero) is 1. The SMILES string of the molecule is C#Cc1cccc(-n2nc(C(C)=O)c3ccnnc32)c1. The fraction of sp³-hybridized carbons (Fsp3) is 0.0667. The van der Waals surface area contributed by atoms with Crippen molar-refractivity contribution >= 4 is 16.8 Å². The van der Waals surface area contributed by atoms with Crippen molar-refractivity contribution in [1.82, 2.24) is 20.0 Å². The van der Waals surface area contributed by atoms with Crippen molar-refractivity contribution in [2.75, 3.05) is 0 Å². The standard InChI is InChI=1S/C15H10N4O/c1-3-11-5-4-6-12(9-11)19-15-13(7-8-16-17-15)14(18-19)10(2)20/h1,4-9H,2H3. The first-order valence-corrected chi connectivity index (χ1v) is 5.99. The van der Waals surface area contributed by atoms with Crippen LogP contribution in [-0.2, 0) is 0 Å². The predicted molar refractivity (Wildman–Crippen MR) is 74.6 cm³/mol. The van der Waals surface area contributed by atoms with Gasteiger partial charge in [-0.2, -0.15) is 10.2 Å². The molecule has 0 aliphatic carbocycles. The Morgan fingerprint density at radius 2 is 2.20 bits per heavy atom. The lowest BCUT2D eigenvalue weighted by atomic mass is 10.2. The normalized spacial score (nSPS) is 10.4. The first kappa shape index (κ1) is 12.1. The third-order valence-electron chi connectivity index (χ3n) is 2.95. The molecule has 0 saturated heterocycles. The molecule has 20 heavy (non-hydrogen) atoms. The molecule has 3 rings (SSSR count). The molecule has 0 bridgehead atoms. The minimum atomic E-state index is -0.116. The maximum atomic E-state index is 11.7. The van der Waals surface area contributed by atoms with Crippen molar-refractivity contribution in [3.8, 4) is 18.0 Å². The zero-order valence-electron chi connectivity index (χ0n) is 10.7. The van der Waals surface area contributed by atoms with Crippen LogP contribution in [0.2, 0.25) is 0 Å². The Kier molecular flexibility index (Phi) is 2.77. The van der Waals surface area contributed by atoms with E-state index in [1.807, 2.05) is 24.3 Å². The summed E-state index contributed by atoms with van der Waals surface area (Å²) in [6.07, 6.45) is 6.94. The van der Waals surface area contributed by atoms with Crippen molar-refractivity contribution in [2.24, 2.45) is 0 Å². The van der Waals surface area contributed by atoms with E-state index in [1.54, 1.807) is 16.9 Å². The molecule has 5 heteroatoms. The number of ketones is 1. The summed E-state index contributed by atoms with van der Waals surface area (Å²) in [5.74, 6) is 2.45. The average molecular weight is 262 g/mol. The molecule has 0 aliphatic heterocycles. The number of aromatic nitrogens is 4. The highest BCUT2D eigenvalue weighted by Gasteiger charge is 2.16. The highest BCUT2D eigenvalue weighted by Crippen LogP contribution is 2.20. The molecule has 1 aromatic carbocycles. The zero-order valence-corrected chi connectivity index (χ0v) is 10.7. The first-order valence-electron chi connectivity index (χ1n) is 5.99. The number of benzene rings is 1. The van der Waals surface area contributed by atoms with E-state index in [-0.39, 0.29) is 5.78 Å². The van der Waals surface area contributed by atoms with Crippen LogP contribution in [0.15, 0.2) is 36.5 Å². The summed E-state index contributed by atoms with van der Waals surface area (Å²) in [4.78, 5) is 11.7. The van der Waals surface area contributed by atoms with Crippen molar-refractivity contribution in [1.29, 1.82) is 0 Å². The quantitative estimate of drug-likeness (QED) is 0.523. The van der Waals surface area contributed by atoms with E-state index in [1.165, 1.54) is 6.92 Å². The predicted octanol–water partition coefficient (Wildman–Crippen LogP) is 2.00. The third-order valence-corrected chi connectivity index (χ3v) is 2.95. The number of nitrogens with zero attached hydrogens (tertiary/aromatic N) is 4. The van der Waals surface area contributed by atoms with E-state index >= 15 is 0 Å². The van der Waals surface area contributed by atoms with Gasteiger partial charge in [-0.3, -0.25) is 4.79 Å². The van der Waals surface area contributed by atoms with E-state index in [0.717, 1.165) is 11.3 Å². The van der Waals surface area contributed by atoms with E-state index < -0.39 is 0 Å². The van der Waals surface area contributed by atoms with Gasteiger partial charge in [0.05, 0.1) is 17.3 Å². The molecular formula is C15H10N4O. The highest BCUT2D eigenvalue weighted by molar-refractivity contribution is 6.04. The molecular weight excluding hydrogens is 252 g/mol. The van der Waals surface area contributed by atoms with Gasteiger partial charge in [-0.05, 0) is 24.3 Å². The summed E-state index contributed by atoms with van der Waals surface area (Å²) >= 11 is 0. The van der Waals surface area contributed by atoms with Crippen LogP contribution in [0.4, 0.5) is 0 Å². The van der Waals surface area contributed by atoms with Gasteiger partial charge in [0.15, 0.2) is 11.4 Å². The summed E-state index contributed by atoms with van der Waals surface area (Å²) in [6.45, 7) is 1.48. The molecule has 5 nitrogen and oxygen atoms in total. The van der Waals surface area contributed by atoms with Crippen LogP contribution in [0.25, 0.3) is 16.7 Å². The van der Waals surface area contributed by atoms with Gasteiger partial charge in [-0.1, -0.05) is 12.0 Å². The summed E-state index contributed by atoms with van der Waals surface area (Å²) in [5.41, 5.74) is 2.39. The largest absolute Gasteiger partial charge is 0.293 e. The van der Waals surface area contributed by atoms with E-state index in [9.17, 15) is 4.79 Å². The number of rotatable bonds is 2. The molecule has 0 fully saturated rings. The molecule has 0 atom stereocenters. The number of fused-ring (bicyclic) bond motifs is 1. The summed E-state index contributed by atoms with van der Waals surface area (Å²) < 4.78 is 1.58. The van der Waals surface area contributed by atoms with Gasteiger partial charge < -0.3 is 0 Å². The molecule has 0 unspecified atom stereocenters. The second kappa shape index (κ2) is 4.59. The number of terminal acetylenes is 1. The van der Waals surface area contributed by atoms with Crippen molar-refractivity contribution < 1.29 is 4.79 Å². The van der Waals surface area contributed by atoms with Gasteiger partial charge in [-0.25, -0.2) is 4.68 Å². The molecule has 3 aromatic rings. The smallest absolute Gasteiger partial charge is 0.185 e. The summed E-state index contributed by atoms with van der Waals surface area (Å²) in [7, 11) is 0. The van der Waals surface area contributed by atoms with Crippen molar-refractivity contribution in [3.63, 3.8) is 0 Å². The van der Waals surface area contributed by atoms with Gasteiger partial charge in [0.1, 0.15) is 5.69 Å². The lowest BCUT2D eigenvalue weighted by molar-refractivity contribution is 0.101.